The Labute approximate surface area is 146 Å². The number of carbonyl (C=O) groups excluding carboxylic acids is 1. The molecule has 2 atom stereocenters. The summed E-state index contributed by atoms with van der Waals surface area (Å²) < 4.78 is 0. The quantitative estimate of drug-likeness (QED) is 0.699. The van der Waals surface area contributed by atoms with Crippen LogP contribution in [0.25, 0.3) is 0 Å². The molecule has 4 heteroatoms. The van der Waals surface area contributed by atoms with Gasteiger partial charge in [0.15, 0.2) is 0 Å². The fraction of sp³-hybridized carbons (Fsp3) is 0.286. The topological polar surface area (TPSA) is 45.6 Å². The van der Waals surface area contributed by atoms with Crippen molar-refractivity contribution in [2.75, 3.05) is 0 Å². The van der Waals surface area contributed by atoms with E-state index in [0.717, 1.165) is 42.2 Å². The first-order chi connectivity index (χ1) is 12.3. The molecule has 122 valence electrons. The van der Waals surface area contributed by atoms with Crippen molar-refractivity contribution in [3.63, 3.8) is 0 Å². The summed E-state index contributed by atoms with van der Waals surface area (Å²) in [6, 6.07) is 12.2. The normalized spacial score (nSPS) is 23.3. The van der Waals surface area contributed by atoms with Crippen molar-refractivity contribution in [1.29, 1.82) is 0 Å². The molecule has 3 aliphatic heterocycles. The molecule has 4 heterocycles. The molecular formula is C21H17N3O. The third kappa shape index (κ3) is 2.44. The highest BCUT2D eigenvalue weighted by Crippen LogP contribution is 2.40. The predicted octanol–water partition coefficient (Wildman–Crippen LogP) is 3.08. The number of Topliss-reactive ketones (excluding diaryl/α,β-unsaturated/α-hetero) is 1. The molecule has 4 nitrogen and oxygen atoms in total. The summed E-state index contributed by atoms with van der Waals surface area (Å²) in [5.41, 5.74) is 3.86. The number of piperidine rings is 2. The van der Waals surface area contributed by atoms with Crippen LogP contribution in [0.15, 0.2) is 47.6 Å². The summed E-state index contributed by atoms with van der Waals surface area (Å²) in [5, 5.41) is 0. The van der Waals surface area contributed by atoms with Gasteiger partial charge in [-0.3, -0.25) is 4.79 Å². The van der Waals surface area contributed by atoms with Gasteiger partial charge in [0.1, 0.15) is 17.3 Å². The molecule has 0 amide bonds. The molecule has 1 aromatic carbocycles. The molecule has 1 aromatic heterocycles. The summed E-state index contributed by atoms with van der Waals surface area (Å²) in [6.07, 6.45) is 4.49. The van der Waals surface area contributed by atoms with Crippen LogP contribution < -0.4 is 0 Å². The Balaban J connectivity index is 1.50. The largest absolute Gasteiger partial charge is 0.352 e. The molecular weight excluding hydrogens is 310 g/mol. The Bertz CT molecular complexity index is 952. The zero-order valence-electron chi connectivity index (χ0n) is 13.8. The monoisotopic (exact) mass is 327 g/mol. The Hall–Kier alpha value is -2.93. The number of benzene rings is 1. The summed E-state index contributed by atoms with van der Waals surface area (Å²) in [5.74, 6) is 7.59. The minimum Gasteiger partial charge on any atom is -0.352 e. The highest BCUT2D eigenvalue weighted by Gasteiger charge is 2.45. The van der Waals surface area contributed by atoms with Gasteiger partial charge in [-0.05, 0) is 48.6 Å². The molecule has 3 fully saturated rings. The molecule has 2 unspecified atom stereocenters. The molecule has 0 spiro atoms. The van der Waals surface area contributed by atoms with Crippen molar-refractivity contribution in [2.45, 2.75) is 31.8 Å². The lowest BCUT2D eigenvalue weighted by Crippen LogP contribution is -2.56. The fourth-order valence-electron chi connectivity index (χ4n) is 4.03. The SMILES string of the molecule is O=C1CC2CCC1C1=Nc3cc(C#Cc4ccccn4)ccc3CN12. The van der Waals surface area contributed by atoms with Crippen molar-refractivity contribution in [1.82, 2.24) is 9.88 Å². The smallest absolute Gasteiger partial charge is 0.145 e. The number of rotatable bonds is 0. The van der Waals surface area contributed by atoms with Gasteiger partial charge in [0, 0.05) is 30.8 Å². The number of fused-ring (bicyclic) bond motifs is 3. The number of pyridine rings is 1. The number of carbonyl (C=O) groups is 1. The van der Waals surface area contributed by atoms with E-state index in [4.69, 9.17) is 4.99 Å². The van der Waals surface area contributed by atoms with Crippen molar-refractivity contribution in [2.24, 2.45) is 10.9 Å². The summed E-state index contributed by atoms with van der Waals surface area (Å²) >= 11 is 0. The first kappa shape index (κ1) is 14.4. The molecule has 4 aliphatic rings. The molecule has 6 rings (SSSR count). The fourth-order valence-corrected chi connectivity index (χ4v) is 4.03. The highest BCUT2D eigenvalue weighted by molar-refractivity contribution is 6.08. The number of aromatic nitrogens is 1. The van der Waals surface area contributed by atoms with Crippen molar-refractivity contribution in [3.05, 3.63) is 59.4 Å². The van der Waals surface area contributed by atoms with E-state index in [2.05, 4.69) is 27.8 Å². The summed E-state index contributed by atoms with van der Waals surface area (Å²) in [6.45, 7) is 0.858. The van der Waals surface area contributed by atoms with Gasteiger partial charge < -0.3 is 4.90 Å². The average molecular weight is 327 g/mol. The van der Waals surface area contributed by atoms with E-state index >= 15 is 0 Å². The third-order valence-corrected chi connectivity index (χ3v) is 5.32. The molecule has 1 aliphatic carbocycles. The summed E-state index contributed by atoms with van der Waals surface area (Å²) in [7, 11) is 0. The lowest BCUT2D eigenvalue weighted by Gasteiger charge is -2.48. The van der Waals surface area contributed by atoms with E-state index in [-0.39, 0.29) is 5.92 Å². The Morgan fingerprint density at radius 3 is 2.92 bits per heavy atom. The Morgan fingerprint density at radius 1 is 1.12 bits per heavy atom. The van der Waals surface area contributed by atoms with Crippen LogP contribution >= 0.6 is 0 Å². The average Bonchev–Trinajstić information content (AvgIpc) is 2.66. The van der Waals surface area contributed by atoms with Gasteiger partial charge in [-0.2, -0.15) is 0 Å². The second-order valence-electron chi connectivity index (χ2n) is 6.86. The Kier molecular flexibility index (Phi) is 3.21. The number of nitrogens with zero attached hydrogens (tertiary/aromatic N) is 3. The predicted molar refractivity (Wildman–Crippen MR) is 95.4 cm³/mol. The maximum absolute atomic E-state index is 12.2. The first-order valence-electron chi connectivity index (χ1n) is 8.72. The van der Waals surface area contributed by atoms with Gasteiger partial charge in [0.25, 0.3) is 0 Å². The third-order valence-electron chi connectivity index (χ3n) is 5.32. The number of aliphatic imine (C=N–C) groups is 1. The molecule has 2 aromatic rings. The standard InChI is InChI=1S/C21H17N3O/c25-20-12-17-8-9-18(20)21-23-19-11-14(4-6-15(19)13-24(17)21)5-7-16-3-1-2-10-22-16/h1-4,6,10-11,17-18H,8-9,12-13H2. The number of hydrogen-bond acceptors (Lipinski definition) is 4. The van der Waals surface area contributed by atoms with Crippen LogP contribution in [0.3, 0.4) is 0 Å². The van der Waals surface area contributed by atoms with Gasteiger partial charge in [-0.15, -0.1) is 0 Å². The van der Waals surface area contributed by atoms with Crippen molar-refractivity contribution < 1.29 is 4.79 Å². The van der Waals surface area contributed by atoms with Gasteiger partial charge >= 0.3 is 0 Å². The van der Waals surface area contributed by atoms with Crippen LogP contribution in [0.2, 0.25) is 0 Å². The van der Waals surface area contributed by atoms with Crippen LogP contribution in [0.1, 0.15) is 36.1 Å². The van der Waals surface area contributed by atoms with Crippen molar-refractivity contribution >= 4 is 17.3 Å². The number of amidine groups is 1. The van der Waals surface area contributed by atoms with E-state index in [1.807, 2.05) is 30.3 Å². The molecule has 25 heavy (non-hydrogen) atoms. The minimum atomic E-state index is 0.00130. The molecule has 0 N–H and O–H groups in total. The zero-order valence-corrected chi connectivity index (χ0v) is 13.8. The maximum Gasteiger partial charge on any atom is 0.145 e. The maximum atomic E-state index is 12.2. The highest BCUT2D eigenvalue weighted by atomic mass is 16.1. The van der Waals surface area contributed by atoms with E-state index < -0.39 is 0 Å². The van der Waals surface area contributed by atoms with E-state index in [0.29, 0.717) is 18.2 Å². The van der Waals surface area contributed by atoms with Crippen LogP contribution in [0.5, 0.6) is 0 Å². The molecule has 1 saturated carbocycles. The van der Waals surface area contributed by atoms with Crippen LogP contribution in [-0.4, -0.2) is 27.5 Å². The van der Waals surface area contributed by atoms with Crippen molar-refractivity contribution in [3.8, 4) is 11.8 Å². The molecule has 2 saturated heterocycles. The van der Waals surface area contributed by atoms with E-state index in [1.54, 1.807) is 6.20 Å². The van der Waals surface area contributed by atoms with Crippen LogP contribution in [-0.2, 0) is 11.3 Å². The zero-order chi connectivity index (χ0) is 16.8. The van der Waals surface area contributed by atoms with Gasteiger partial charge in [-0.1, -0.05) is 18.1 Å². The first-order valence-corrected chi connectivity index (χ1v) is 8.72. The molecule has 2 bridgehead atoms. The van der Waals surface area contributed by atoms with Crippen LogP contribution in [0.4, 0.5) is 5.69 Å². The number of ketones is 1. The van der Waals surface area contributed by atoms with Gasteiger partial charge in [0.05, 0.1) is 11.6 Å². The second-order valence-corrected chi connectivity index (χ2v) is 6.86. The second kappa shape index (κ2) is 5.56. The lowest BCUT2D eigenvalue weighted by atomic mass is 9.77. The van der Waals surface area contributed by atoms with E-state index in [9.17, 15) is 4.79 Å². The minimum absolute atomic E-state index is 0.00130. The molecule has 0 radical (unpaired) electrons. The Morgan fingerprint density at radius 2 is 2.08 bits per heavy atom. The van der Waals surface area contributed by atoms with E-state index in [1.165, 1.54) is 5.56 Å². The van der Waals surface area contributed by atoms with Crippen LogP contribution in [0, 0.1) is 17.8 Å². The van der Waals surface area contributed by atoms with Gasteiger partial charge in [0.2, 0.25) is 0 Å². The summed E-state index contributed by atoms with van der Waals surface area (Å²) in [4.78, 5) is 23.6. The van der Waals surface area contributed by atoms with Gasteiger partial charge in [-0.25, -0.2) is 9.98 Å². The lowest BCUT2D eigenvalue weighted by molar-refractivity contribution is -0.126. The number of hydrogen-bond donors (Lipinski definition) is 0.